The van der Waals surface area contributed by atoms with E-state index in [9.17, 15) is 19.8 Å². The molecule has 2 fully saturated rings. The molecule has 1 heterocycles. The average Bonchev–Trinajstić information content (AvgIpc) is 3.08. The number of hydrogen-bond acceptors (Lipinski definition) is 5. The van der Waals surface area contributed by atoms with E-state index in [0.717, 1.165) is 37.7 Å². The van der Waals surface area contributed by atoms with Crippen LogP contribution in [0.5, 0.6) is 5.75 Å². The van der Waals surface area contributed by atoms with Gasteiger partial charge in [0.15, 0.2) is 0 Å². The SMILES string of the molecule is CC.CC/C=C(\C/C=C\CN(C(=N)c1ccc(OCc2cccc(C(=O)N3CCC(O)CC3)c2)cc1F)C1CCCCC1)C(=O)O. The first-order valence-corrected chi connectivity index (χ1v) is 16.7. The van der Waals surface area contributed by atoms with Crippen LogP contribution in [0.25, 0.3) is 0 Å². The first kappa shape index (κ1) is 36.5. The van der Waals surface area contributed by atoms with E-state index in [2.05, 4.69) is 0 Å². The molecule has 2 aromatic carbocycles. The topological polar surface area (TPSA) is 114 Å². The van der Waals surface area contributed by atoms with E-state index < -0.39 is 11.8 Å². The van der Waals surface area contributed by atoms with E-state index in [4.69, 9.17) is 10.1 Å². The van der Waals surface area contributed by atoms with Gasteiger partial charge >= 0.3 is 5.97 Å². The van der Waals surface area contributed by atoms with Crippen LogP contribution in [-0.2, 0) is 11.4 Å². The molecule has 1 aliphatic heterocycles. The van der Waals surface area contributed by atoms with Crippen molar-refractivity contribution in [2.24, 2.45) is 0 Å². The van der Waals surface area contributed by atoms with Gasteiger partial charge in [-0.15, -0.1) is 0 Å². The zero-order chi connectivity index (χ0) is 33.5. The zero-order valence-electron chi connectivity index (χ0n) is 27.5. The highest BCUT2D eigenvalue weighted by Crippen LogP contribution is 2.26. The van der Waals surface area contributed by atoms with Gasteiger partial charge in [0.1, 0.15) is 24.0 Å². The molecule has 1 aliphatic carbocycles. The molecule has 0 atom stereocenters. The summed E-state index contributed by atoms with van der Waals surface area (Å²) < 4.78 is 21.3. The number of piperidine rings is 1. The van der Waals surface area contributed by atoms with Crippen LogP contribution in [-0.4, -0.2) is 69.5 Å². The van der Waals surface area contributed by atoms with Crippen molar-refractivity contribution in [2.75, 3.05) is 19.6 Å². The number of hydrogen-bond donors (Lipinski definition) is 3. The Morgan fingerprint density at radius 2 is 1.76 bits per heavy atom. The summed E-state index contributed by atoms with van der Waals surface area (Å²) in [7, 11) is 0. The second-order valence-electron chi connectivity index (χ2n) is 11.6. The number of nitrogens with zero attached hydrogens (tertiary/aromatic N) is 2. The van der Waals surface area contributed by atoms with E-state index in [1.807, 2.05) is 43.9 Å². The Hall–Kier alpha value is -3.98. The highest BCUT2D eigenvalue weighted by molar-refractivity contribution is 5.97. The van der Waals surface area contributed by atoms with Crippen LogP contribution in [0.2, 0.25) is 0 Å². The van der Waals surface area contributed by atoms with Crippen molar-refractivity contribution in [3.63, 3.8) is 0 Å². The lowest BCUT2D eigenvalue weighted by Gasteiger charge is -2.35. The predicted octanol–water partition coefficient (Wildman–Crippen LogP) is 7.36. The molecule has 2 aromatic rings. The van der Waals surface area contributed by atoms with E-state index in [1.54, 1.807) is 41.3 Å². The lowest BCUT2D eigenvalue weighted by atomic mass is 9.93. The second kappa shape index (κ2) is 18.9. The Bertz CT molecular complexity index is 1360. The molecule has 4 rings (SSSR count). The third-order valence-corrected chi connectivity index (χ3v) is 8.36. The van der Waals surface area contributed by atoms with Crippen molar-refractivity contribution in [1.82, 2.24) is 9.80 Å². The first-order valence-electron chi connectivity index (χ1n) is 16.7. The smallest absolute Gasteiger partial charge is 0.331 e. The summed E-state index contributed by atoms with van der Waals surface area (Å²) in [5.74, 6) is -1.13. The van der Waals surface area contributed by atoms with Crippen LogP contribution in [0, 0.1) is 11.2 Å². The molecule has 1 saturated carbocycles. The molecule has 1 amide bonds. The van der Waals surface area contributed by atoms with Gasteiger partial charge in [-0.2, -0.15) is 0 Å². The molecule has 0 bridgehead atoms. The molecule has 0 aromatic heterocycles. The molecule has 0 spiro atoms. The van der Waals surface area contributed by atoms with Crippen LogP contribution in [0.4, 0.5) is 4.39 Å². The third kappa shape index (κ3) is 10.5. The summed E-state index contributed by atoms with van der Waals surface area (Å²) in [6.45, 7) is 7.50. The highest BCUT2D eigenvalue weighted by atomic mass is 19.1. The number of aliphatic hydroxyl groups excluding tert-OH is 1. The van der Waals surface area contributed by atoms with E-state index in [1.165, 1.54) is 6.07 Å². The Kier molecular flexibility index (Phi) is 15.0. The number of aliphatic carboxylic acids is 1. The van der Waals surface area contributed by atoms with Crippen LogP contribution < -0.4 is 4.74 Å². The maximum Gasteiger partial charge on any atom is 0.331 e. The predicted molar refractivity (Wildman–Crippen MR) is 180 cm³/mol. The summed E-state index contributed by atoms with van der Waals surface area (Å²) in [6, 6.07) is 11.8. The number of carbonyl (C=O) groups excluding carboxylic acids is 1. The lowest BCUT2D eigenvalue weighted by molar-refractivity contribution is -0.132. The molecule has 0 unspecified atom stereocenters. The minimum atomic E-state index is -0.932. The molecule has 0 radical (unpaired) electrons. The number of aliphatic hydroxyl groups is 1. The van der Waals surface area contributed by atoms with Crippen LogP contribution >= 0.6 is 0 Å². The highest BCUT2D eigenvalue weighted by Gasteiger charge is 2.25. The van der Waals surface area contributed by atoms with Gasteiger partial charge < -0.3 is 24.7 Å². The molecule has 2 aliphatic rings. The molecule has 1 saturated heterocycles. The van der Waals surface area contributed by atoms with Crippen molar-refractivity contribution in [3.05, 3.63) is 88.8 Å². The summed E-state index contributed by atoms with van der Waals surface area (Å²) >= 11 is 0. The molecule has 8 nitrogen and oxygen atoms in total. The number of carboxylic acid groups (broad SMARTS) is 1. The largest absolute Gasteiger partial charge is 0.489 e. The Morgan fingerprint density at radius 3 is 2.41 bits per heavy atom. The van der Waals surface area contributed by atoms with Crippen LogP contribution in [0.1, 0.15) is 100 Å². The first-order chi connectivity index (χ1) is 22.3. The summed E-state index contributed by atoms with van der Waals surface area (Å²) in [4.78, 5) is 28.0. The van der Waals surface area contributed by atoms with E-state index >= 15 is 4.39 Å². The number of rotatable bonds is 12. The number of benzene rings is 2. The maximum atomic E-state index is 15.4. The van der Waals surface area contributed by atoms with Gasteiger partial charge in [0, 0.05) is 42.9 Å². The zero-order valence-corrected chi connectivity index (χ0v) is 27.5. The molecule has 3 N–H and O–H groups in total. The van der Waals surface area contributed by atoms with Gasteiger partial charge in [-0.3, -0.25) is 10.2 Å². The third-order valence-electron chi connectivity index (χ3n) is 8.36. The number of carbonyl (C=O) groups is 2. The monoisotopic (exact) mass is 635 g/mol. The van der Waals surface area contributed by atoms with Crippen LogP contribution in [0.15, 0.2) is 66.3 Å². The second-order valence-corrected chi connectivity index (χ2v) is 11.6. The summed E-state index contributed by atoms with van der Waals surface area (Å²) in [6.07, 6.45) is 12.2. The number of amidine groups is 1. The molecule has 9 heteroatoms. The Morgan fingerprint density at radius 1 is 1.04 bits per heavy atom. The average molecular weight is 636 g/mol. The van der Waals surface area contributed by atoms with Crippen molar-refractivity contribution in [1.29, 1.82) is 5.41 Å². The number of allylic oxidation sites excluding steroid dienone is 2. The van der Waals surface area contributed by atoms with Crippen molar-refractivity contribution < 1.29 is 28.9 Å². The van der Waals surface area contributed by atoms with Gasteiger partial charge in [-0.1, -0.05) is 70.4 Å². The lowest BCUT2D eigenvalue weighted by Crippen LogP contribution is -2.42. The van der Waals surface area contributed by atoms with Gasteiger partial charge in [0.2, 0.25) is 0 Å². The molecule has 250 valence electrons. The van der Waals surface area contributed by atoms with Crippen molar-refractivity contribution in [3.8, 4) is 5.75 Å². The number of halogens is 1. The van der Waals surface area contributed by atoms with E-state index in [0.29, 0.717) is 62.2 Å². The van der Waals surface area contributed by atoms with Crippen molar-refractivity contribution >= 4 is 17.7 Å². The van der Waals surface area contributed by atoms with Gasteiger partial charge in [0.25, 0.3) is 5.91 Å². The maximum absolute atomic E-state index is 15.4. The minimum absolute atomic E-state index is 0.0789. The van der Waals surface area contributed by atoms with Gasteiger partial charge in [0.05, 0.1) is 11.7 Å². The Balaban J connectivity index is 0.00000282. The number of nitrogens with one attached hydrogen (secondary N) is 1. The quantitative estimate of drug-likeness (QED) is 0.0972. The Labute approximate surface area is 273 Å². The normalized spacial score (nSPS) is 16.1. The van der Waals surface area contributed by atoms with Gasteiger partial charge in [-0.05, 0) is 68.4 Å². The number of carboxylic acids is 1. The molecule has 46 heavy (non-hydrogen) atoms. The minimum Gasteiger partial charge on any atom is -0.489 e. The van der Waals surface area contributed by atoms with E-state index in [-0.39, 0.29) is 36.1 Å². The number of amides is 1. The van der Waals surface area contributed by atoms with Gasteiger partial charge in [-0.25, -0.2) is 9.18 Å². The molecular formula is C37H50FN3O5. The fourth-order valence-electron chi connectivity index (χ4n) is 5.86. The van der Waals surface area contributed by atoms with Crippen molar-refractivity contribution in [2.45, 2.75) is 97.3 Å². The fraction of sp³-hybridized carbons (Fsp3) is 0.486. The standard InChI is InChI=1S/C35H44FN3O5.C2H6/c1-2-9-26(35(42)43)11-6-7-19-39(28-13-4-3-5-14-28)33(37)31-16-15-30(23-32(31)36)44-24-25-10-8-12-27(22-25)34(41)38-20-17-29(40)18-21-38;1-2/h6-10,12,15-16,22-23,28-29,37,40H,2-5,11,13-14,17-21,24H2,1H3,(H,42,43);1-2H3/b7-6-,26-9+,37-33?;. The van der Waals surface area contributed by atoms with Crippen LogP contribution in [0.3, 0.4) is 0 Å². The molecular weight excluding hydrogens is 585 g/mol. The number of ether oxygens (including phenoxy) is 1. The summed E-state index contributed by atoms with van der Waals surface area (Å²) in [5.41, 5.74) is 1.86. The number of likely N-dealkylation sites (tertiary alicyclic amines) is 1. The summed E-state index contributed by atoms with van der Waals surface area (Å²) in [5, 5.41) is 28.0. The fourth-order valence-corrected chi connectivity index (χ4v) is 5.86.